The average Bonchev–Trinajstić information content (AvgIpc) is 3.11. The van der Waals surface area contributed by atoms with Crippen molar-refractivity contribution >= 4 is 15.7 Å². The number of sulfonamides is 1. The van der Waals surface area contributed by atoms with Gasteiger partial charge in [0.15, 0.2) is 0 Å². The summed E-state index contributed by atoms with van der Waals surface area (Å²) in [5.41, 5.74) is 0.176. The van der Waals surface area contributed by atoms with E-state index in [9.17, 15) is 17.2 Å². The highest BCUT2D eigenvalue weighted by Crippen LogP contribution is 2.22. The molecule has 3 rings (SSSR count). The number of ether oxygens (including phenoxy) is 1. The van der Waals surface area contributed by atoms with Crippen LogP contribution in [0.3, 0.4) is 0 Å². The van der Waals surface area contributed by atoms with Crippen LogP contribution in [0.2, 0.25) is 0 Å². The van der Waals surface area contributed by atoms with E-state index >= 15 is 0 Å². The molecule has 118 valence electrons. The monoisotopic (exact) mass is 329 g/mol. The fourth-order valence-corrected chi connectivity index (χ4v) is 3.33. The highest BCUT2D eigenvalue weighted by atomic mass is 32.2. The molecule has 1 aromatic heterocycles. The van der Waals surface area contributed by atoms with Gasteiger partial charge in [-0.25, -0.2) is 17.2 Å². The van der Waals surface area contributed by atoms with Gasteiger partial charge in [0.1, 0.15) is 16.5 Å². The average molecular weight is 329 g/mol. The van der Waals surface area contributed by atoms with Gasteiger partial charge in [-0.15, -0.1) is 0 Å². The van der Waals surface area contributed by atoms with Gasteiger partial charge in [0.25, 0.3) is 10.0 Å². The van der Waals surface area contributed by atoms with Crippen molar-refractivity contribution in [3.63, 3.8) is 0 Å². The van der Waals surface area contributed by atoms with Gasteiger partial charge >= 0.3 is 0 Å². The second kappa shape index (κ2) is 5.65. The van der Waals surface area contributed by atoms with Crippen LogP contribution in [-0.2, 0) is 14.8 Å². The van der Waals surface area contributed by atoms with Crippen molar-refractivity contribution in [2.75, 3.05) is 17.9 Å². The van der Waals surface area contributed by atoms with Crippen molar-refractivity contribution in [3.8, 4) is 0 Å². The van der Waals surface area contributed by atoms with E-state index < -0.39 is 26.6 Å². The molecule has 1 aromatic carbocycles. The van der Waals surface area contributed by atoms with E-state index in [0.717, 1.165) is 18.6 Å². The fourth-order valence-electron chi connectivity index (χ4n) is 2.21. The minimum atomic E-state index is -4.23. The van der Waals surface area contributed by atoms with Crippen LogP contribution >= 0.6 is 0 Å². The lowest BCUT2D eigenvalue weighted by Gasteiger charge is -2.08. The number of hydrogen-bond acceptors (Lipinski definition) is 4. The first-order chi connectivity index (χ1) is 10.5. The minimum absolute atomic E-state index is 0.0455. The van der Waals surface area contributed by atoms with Gasteiger partial charge in [0.05, 0.1) is 24.5 Å². The van der Waals surface area contributed by atoms with E-state index in [1.807, 2.05) is 0 Å². The molecule has 1 saturated heterocycles. The highest BCUT2D eigenvalue weighted by molar-refractivity contribution is 7.92. The third-order valence-electron chi connectivity index (χ3n) is 3.32. The molecule has 0 spiro atoms. The Balaban J connectivity index is 1.83. The second-order valence-corrected chi connectivity index (χ2v) is 6.56. The van der Waals surface area contributed by atoms with Crippen LogP contribution in [0.1, 0.15) is 12.5 Å². The van der Waals surface area contributed by atoms with Crippen LogP contribution in [0.5, 0.6) is 0 Å². The summed E-state index contributed by atoms with van der Waals surface area (Å²) in [5, 5.41) is 4.06. The largest absolute Gasteiger partial charge is 0.379 e. The summed E-state index contributed by atoms with van der Waals surface area (Å²) in [6.45, 7) is 1.13. The highest BCUT2D eigenvalue weighted by Gasteiger charge is 2.22. The first-order valence-electron chi connectivity index (χ1n) is 6.55. The Hall–Kier alpha value is -2.00. The fraction of sp³-hybridized carbons (Fsp3) is 0.308. The molecule has 0 aliphatic carbocycles. The molecule has 0 saturated carbocycles. The molecular formula is C13H13F2N3O3S. The molecule has 1 aliphatic rings. The number of benzene rings is 1. The van der Waals surface area contributed by atoms with Crippen molar-refractivity contribution in [3.05, 3.63) is 42.2 Å². The topological polar surface area (TPSA) is 73.2 Å². The number of nitrogens with zero attached hydrogens (tertiary/aromatic N) is 2. The van der Waals surface area contributed by atoms with Crippen molar-refractivity contribution in [1.82, 2.24) is 9.78 Å². The third kappa shape index (κ3) is 2.95. The van der Waals surface area contributed by atoms with Gasteiger partial charge < -0.3 is 4.74 Å². The zero-order valence-electron chi connectivity index (χ0n) is 11.4. The first-order valence-corrected chi connectivity index (χ1v) is 8.04. The molecule has 1 aliphatic heterocycles. The van der Waals surface area contributed by atoms with Crippen LogP contribution in [-0.4, -0.2) is 31.4 Å². The van der Waals surface area contributed by atoms with Gasteiger partial charge in [-0.1, -0.05) is 0 Å². The molecule has 6 nitrogen and oxygen atoms in total. The summed E-state index contributed by atoms with van der Waals surface area (Å²) in [6.07, 6.45) is 3.59. The third-order valence-corrected chi connectivity index (χ3v) is 4.71. The van der Waals surface area contributed by atoms with Crippen LogP contribution in [0.25, 0.3) is 0 Å². The van der Waals surface area contributed by atoms with Crippen molar-refractivity contribution < 1.29 is 21.9 Å². The van der Waals surface area contributed by atoms with Gasteiger partial charge in [0, 0.05) is 12.8 Å². The van der Waals surface area contributed by atoms with Gasteiger partial charge in [-0.2, -0.15) is 5.10 Å². The van der Waals surface area contributed by atoms with E-state index in [-0.39, 0.29) is 11.7 Å². The van der Waals surface area contributed by atoms with E-state index in [2.05, 4.69) is 9.82 Å². The predicted octanol–water partition coefficient (Wildman–Crippen LogP) is 1.92. The molecule has 22 heavy (non-hydrogen) atoms. The summed E-state index contributed by atoms with van der Waals surface area (Å²) in [5.74, 6) is -1.86. The van der Waals surface area contributed by atoms with Crippen molar-refractivity contribution in [2.24, 2.45) is 0 Å². The lowest BCUT2D eigenvalue weighted by Crippen LogP contribution is -2.14. The number of halogens is 2. The molecule has 1 fully saturated rings. The Kier molecular flexibility index (Phi) is 3.83. The zero-order chi connectivity index (χ0) is 15.7. The molecule has 1 atom stereocenters. The van der Waals surface area contributed by atoms with E-state index in [4.69, 9.17) is 4.74 Å². The van der Waals surface area contributed by atoms with Crippen molar-refractivity contribution in [2.45, 2.75) is 17.4 Å². The van der Waals surface area contributed by atoms with Gasteiger partial charge in [0.2, 0.25) is 0 Å². The lowest BCUT2D eigenvalue weighted by molar-refractivity contribution is 0.184. The number of nitrogens with one attached hydrogen (secondary N) is 1. The Bertz CT molecular complexity index is 786. The molecule has 2 heterocycles. The van der Waals surface area contributed by atoms with Gasteiger partial charge in [-0.3, -0.25) is 9.40 Å². The number of rotatable bonds is 4. The van der Waals surface area contributed by atoms with Crippen LogP contribution in [0.4, 0.5) is 14.5 Å². The van der Waals surface area contributed by atoms with Gasteiger partial charge in [-0.05, 0) is 24.6 Å². The zero-order valence-corrected chi connectivity index (χ0v) is 12.2. The maximum atomic E-state index is 13.6. The maximum Gasteiger partial charge on any atom is 0.265 e. The minimum Gasteiger partial charge on any atom is -0.379 e. The van der Waals surface area contributed by atoms with E-state index in [1.165, 1.54) is 12.4 Å². The summed E-state index contributed by atoms with van der Waals surface area (Å²) in [6, 6.07) is 2.30. The summed E-state index contributed by atoms with van der Waals surface area (Å²) in [4.78, 5) is -0.746. The van der Waals surface area contributed by atoms with Crippen LogP contribution in [0.15, 0.2) is 35.5 Å². The molecule has 0 radical (unpaired) electrons. The van der Waals surface area contributed by atoms with Crippen molar-refractivity contribution in [1.29, 1.82) is 0 Å². The molecule has 2 aromatic rings. The smallest absolute Gasteiger partial charge is 0.265 e. The quantitative estimate of drug-likeness (QED) is 0.930. The molecule has 0 unspecified atom stereocenters. The Morgan fingerprint density at radius 3 is 2.91 bits per heavy atom. The van der Waals surface area contributed by atoms with Crippen LogP contribution in [0, 0.1) is 11.6 Å². The second-order valence-electron chi connectivity index (χ2n) is 4.91. The Morgan fingerprint density at radius 1 is 1.36 bits per heavy atom. The number of anilines is 1. The number of hydrogen-bond donors (Lipinski definition) is 1. The molecular weight excluding hydrogens is 316 g/mol. The maximum absolute atomic E-state index is 13.6. The molecule has 9 heteroatoms. The first kappa shape index (κ1) is 14.9. The lowest BCUT2D eigenvalue weighted by atomic mass is 10.3. The SMILES string of the molecule is O=S(=O)(Nc1cnn([C@H]2CCOC2)c1)c1cc(F)ccc1F. The van der Waals surface area contributed by atoms with Crippen LogP contribution < -0.4 is 4.72 Å². The molecule has 0 bridgehead atoms. The van der Waals surface area contributed by atoms with E-state index in [0.29, 0.717) is 19.3 Å². The summed E-state index contributed by atoms with van der Waals surface area (Å²) >= 11 is 0. The standard InChI is InChI=1S/C13H13F2N3O3S/c14-9-1-2-12(15)13(5-9)22(19,20)17-10-6-16-18(7-10)11-3-4-21-8-11/h1-2,5-7,11,17H,3-4,8H2/t11-/m0/s1. The predicted molar refractivity (Wildman–Crippen MR) is 73.9 cm³/mol. The molecule has 0 amide bonds. The number of aromatic nitrogens is 2. The molecule has 1 N–H and O–H groups in total. The Morgan fingerprint density at radius 2 is 2.18 bits per heavy atom. The Labute approximate surface area is 125 Å². The normalized spacial score (nSPS) is 18.5. The summed E-state index contributed by atoms with van der Waals surface area (Å²) in [7, 11) is -4.23. The van der Waals surface area contributed by atoms with E-state index in [1.54, 1.807) is 4.68 Å². The summed E-state index contributed by atoms with van der Waals surface area (Å²) < 4.78 is 60.0.